The molecule has 11 heteroatoms. The summed E-state index contributed by atoms with van der Waals surface area (Å²) >= 11 is 1.23. The van der Waals surface area contributed by atoms with E-state index in [2.05, 4.69) is 0 Å². The second kappa shape index (κ2) is 14.7. The van der Waals surface area contributed by atoms with Crippen molar-refractivity contribution in [2.75, 3.05) is 40.0 Å². The summed E-state index contributed by atoms with van der Waals surface area (Å²) in [7, 11) is 1.53. The van der Waals surface area contributed by atoms with Crippen LogP contribution in [0.15, 0.2) is 88.2 Å². The Balaban J connectivity index is 1.44. The lowest BCUT2D eigenvalue weighted by Crippen LogP contribution is -2.40. The van der Waals surface area contributed by atoms with Crippen molar-refractivity contribution in [3.63, 3.8) is 0 Å². The molecule has 0 radical (unpaired) electrons. The van der Waals surface area contributed by atoms with Crippen molar-refractivity contribution in [1.82, 2.24) is 9.47 Å². The third kappa shape index (κ3) is 6.77. The lowest BCUT2D eigenvalue weighted by Gasteiger charge is -2.26. The van der Waals surface area contributed by atoms with Crippen LogP contribution < -0.4 is 29.1 Å². The zero-order valence-corrected chi connectivity index (χ0v) is 28.0. The van der Waals surface area contributed by atoms with Crippen LogP contribution in [0.2, 0.25) is 0 Å². The molecule has 2 aliphatic rings. The summed E-state index contributed by atoms with van der Waals surface area (Å²) < 4.78 is 24.6. The van der Waals surface area contributed by atoms with E-state index in [4.69, 9.17) is 23.9 Å². The zero-order valence-electron chi connectivity index (χ0n) is 27.1. The number of fused-ring (bicyclic) bond motifs is 1. The molecule has 0 unspecified atom stereocenters. The van der Waals surface area contributed by atoms with E-state index >= 15 is 0 Å². The Labute approximate surface area is 282 Å². The largest absolute Gasteiger partial charge is 0.494 e. The number of likely N-dealkylation sites (tertiary alicyclic amines) is 1. The number of rotatable bonds is 11. The molecule has 1 amide bonds. The van der Waals surface area contributed by atoms with Crippen LogP contribution in [0.1, 0.15) is 49.4 Å². The van der Waals surface area contributed by atoms with Crippen molar-refractivity contribution in [3.8, 4) is 17.2 Å². The maximum absolute atomic E-state index is 14.2. The van der Waals surface area contributed by atoms with Crippen LogP contribution in [0.5, 0.6) is 17.2 Å². The molecule has 0 spiro atoms. The van der Waals surface area contributed by atoms with Crippen molar-refractivity contribution in [3.05, 3.63) is 115 Å². The number of benzene rings is 3. The second-order valence-electron chi connectivity index (χ2n) is 11.2. The number of thiazole rings is 1. The molecule has 1 saturated heterocycles. The number of nitrogens with zero attached hydrogens (tertiary/aromatic N) is 3. The molecular weight excluding hydrogens is 630 g/mol. The lowest BCUT2D eigenvalue weighted by atomic mass is 9.93. The van der Waals surface area contributed by atoms with Gasteiger partial charge < -0.3 is 23.8 Å². The van der Waals surface area contributed by atoms with Crippen molar-refractivity contribution >= 4 is 35.0 Å². The minimum atomic E-state index is -0.799. The molecule has 4 aromatic rings. The fourth-order valence-electron chi connectivity index (χ4n) is 5.91. The highest BCUT2D eigenvalue weighted by molar-refractivity contribution is 7.07. The van der Waals surface area contributed by atoms with E-state index in [0.29, 0.717) is 50.0 Å². The maximum Gasteiger partial charge on any atom is 0.338 e. The summed E-state index contributed by atoms with van der Waals surface area (Å²) in [5, 5.41) is 0. The second-order valence-corrected chi connectivity index (χ2v) is 12.2. The zero-order chi connectivity index (χ0) is 33.6. The molecule has 0 N–H and O–H groups in total. The fourth-order valence-corrected chi connectivity index (χ4v) is 6.91. The number of esters is 1. The van der Waals surface area contributed by atoms with Gasteiger partial charge >= 0.3 is 5.97 Å². The van der Waals surface area contributed by atoms with Crippen molar-refractivity contribution < 1.29 is 28.5 Å². The first-order valence-corrected chi connectivity index (χ1v) is 16.8. The quantitative estimate of drug-likeness (QED) is 0.219. The van der Waals surface area contributed by atoms with Gasteiger partial charge in [0.2, 0.25) is 0 Å². The molecule has 3 heterocycles. The highest BCUT2D eigenvalue weighted by atomic mass is 32.1. The average molecular weight is 668 g/mol. The van der Waals surface area contributed by atoms with E-state index in [1.165, 1.54) is 18.4 Å². The highest BCUT2D eigenvalue weighted by Gasteiger charge is 2.35. The number of carbonyl (C=O) groups excluding carboxylic acids is 2. The number of hydrogen-bond donors (Lipinski definition) is 0. The molecule has 1 fully saturated rings. The van der Waals surface area contributed by atoms with Crippen molar-refractivity contribution in [2.45, 2.75) is 32.7 Å². The first kappa shape index (κ1) is 32.8. The minimum absolute atomic E-state index is 0.0566. The van der Waals surface area contributed by atoms with E-state index in [9.17, 15) is 14.4 Å². The number of amides is 1. The Kier molecular flexibility index (Phi) is 10.1. The Morgan fingerprint density at radius 2 is 1.69 bits per heavy atom. The normalized spacial score (nSPS) is 15.9. The standard InChI is InChI=1S/C37H37N3O7S/c1-4-45-27-16-14-26(15-17-27)34-32(36(43)46-5-2)33(25-11-7-6-8-12-25)38-37-40(34)35(42)30(48-37)22-24-13-18-28(29(21-24)44-3)47-23-31(41)39-19-9-10-20-39/h6-8,11-18,21-22,34H,4-5,9-10,19-20,23H2,1-3H3/b30-22-/t34-/m1/s1. The predicted molar refractivity (Wildman–Crippen MR) is 183 cm³/mol. The average Bonchev–Trinajstić information content (AvgIpc) is 3.76. The van der Waals surface area contributed by atoms with Crippen LogP contribution in [-0.4, -0.2) is 61.4 Å². The summed E-state index contributed by atoms with van der Waals surface area (Å²) in [4.78, 5) is 47.6. The van der Waals surface area contributed by atoms with Crippen LogP contribution >= 0.6 is 11.3 Å². The molecule has 48 heavy (non-hydrogen) atoms. The molecule has 0 bridgehead atoms. The van der Waals surface area contributed by atoms with Gasteiger partial charge in [0.15, 0.2) is 22.9 Å². The topological polar surface area (TPSA) is 109 Å². The highest BCUT2D eigenvalue weighted by Crippen LogP contribution is 2.36. The minimum Gasteiger partial charge on any atom is -0.494 e. The van der Waals surface area contributed by atoms with Crippen LogP contribution in [0.3, 0.4) is 0 Å². The summed E-state index contributed by atoms with van der Waals surface area (Å²) in [5.41, 5.74) is 2.56. The van der Waals surface area contributed by atoms with Crippen LogP contribution in [0, 0.1) is 0 Å². The monoisotopic (exact) mass is 667 g/mol. The first-order valence-electron chi connectivity index (χ1n) is 16.0. The van der Waals surface area contributed by atoms with Gasteiger partial charge in [-0.05, 0) is 68.2 Å². The van der Waals surface area contributed by atoms with Gasteiger partial charge in [-0.3, -0.25) is 14.2 Å². The summed E-state index contributed by atoms with van der Waals surface area (Å²) in [5.74, 6) is 0.954. The number of carbonyl (C=O) groups is 2. The van der Waals surface area contributed by atoms with E-state index in [-0.39, 0.29) is 30.3 Å². The number of methoxy groups -OCH3 is 1. The van der Waals surface area contributed by atoms with Crippen LogP contribution in [0.4, 0.5) is 0 Å². The van der Waals surface area contributed by atoms with E-state index in [1.54, 1.807) is 40.7 Å². The predicted octanol–water partition coefficient (Wildman–Crippen LogP) is 4.34. The van der Waals surface area contributed by atoms with Crippen molar-refractivity contribution in [1.29, 1.82) is 0 Å². The van der Waals surface area contributed by atoms with Crippen molar-refractivity contribution in [2.24, 2.45) is 4.99 Å². The van der Waals surface area contributed by atoms with E-state index in [1.807, 2.05) is 61.5 Å². The molecule has 248 valence electrons. The SMILES string of the molecule is CCOC(=O)C1=C(c2ccccc2)N=c2s/c(=C\c3ccc(OCC(=O)N4CCCC4)c(OC)c3)c(=O)n2[C@@H]1c1ccc(OCC)cc1. The Hall–Kier alpha value is -5.16. The Morgan fingerprint density at radius 1 is 0.938 bits per heavy atom. The number of hydrogen-bond acceptors (Lipinski definition) is 9. The third-order valence-corrected chi connectivity index (χ3v) is 9.16. The molecule has 2 aliphatic heterocycles. The fraction of sp³-hybridized carbons (Fsp3) is 0.297. The smallest absolute Gasteiger partial charge is 0.338 e. The van der Waals surface area contributed by atoms with Gasteiger partial charge in [0.1, 0.15) is 5.75 Å². The maximum atomic E-state index is 14.2. The number of ether oxygens (including phenoxy) is 4. The van der Waals surface area contributed by atoms with Gasteiger partial charge in [-0.1, -0.05) is 59.9 Å². The van der Waals surface area contributed by atoms with Crippen LogP contribution in [-0.2, 0) is 14.3 Å². The molecule has 3 aromatic carbocycles. The molecular formula is C37H37N3O7S. The summed E-state index contributed by atoms with van der Waals surface area (Å²) in [6, 6.07) is 21.3. The van der Waals surface area contributed by atoms with Gasteiger partial charge in [-0.2, -0.15) is 0 Å². The Bertz CT molecular complexity index is 2010. The van der Waals surface area contributed by atoms with Gasteiger partial charge in [0.05, 0.1) is 42.2 Å². The molecule has 1 atom stereocenters. The van der Waals surface area contributed by atoms with Gasteiger partial charge in [0, 0.05) is 18.7 Å². The third-order valence-electron chi connectivity index (χ3n) is 8.18. The van der Waals surface area contributed by atoms with E-state index in [0.717, 1.165) is 31.5 Å². The van der Waals surface area contributed by atoms with Crippen LogP contribution in [0.25, 0.3) is 11.8 Å². The van der Waals surface area contributed by atoms with Gasteiger partial charge in [-0.25, -0.2) is 9.79 Å². The first-order chi connectivity index (χ1) is 23.4. The van der Waals surface area contributed by atoms with Gasteiger partial charge in [0.25, 0.3) is 11.5 Å². The molecule has 6 rings (SSSR count). The molecule has 0 aliphatic carbocycles. The number of aromatic nitrogens is 1. The summed E-state index contributed by atoms with van der Waals surface area (Å²) in [6.45, 7) is 5.76. The molecule has 0 saturated carbocycles. The van der Waals surface area contributed by atoms with Gasteiger partial charge in [-0.15, -0.1) is 0 Å². The Morgan fingerprint density at radius 3 is 2.38 bits per heavy atom. The van der Waals surface area contributed by atoms with E-state index < -0.39 is 12.0 Å². The molecule has 10 nitrogen and oxygen atoms in total. The lowest BCUT2D eigenvalue weighted by molar-refractivity contribution is -0.139. The molecule has 1 aromatic heterocycles. The summed E-state index contributed by atoms with van der Waals surface area (Å²) in [6.07, 6.45) is 3.78.